The van der Waals surface area contributed by atoms with Crippen LogP contribution in [0.5, 0.6) is 0 Å². The number of rotatable bonds is 2. The number of ether oxygens (including phenoxy) is 1. The largest absolute Gasteiger partial charge is 0.444 e. The Hall–Kier alpha value is -2.02. The van der Waals surface area contributed by atoms with Gasteiger partial charge in [0.2, 0.25) is 0 Å². The third-order valence-electron chi connectivity index (χ3n) is 3.86. The first-order valence-electron chi connectivity index (χ1n) is 7.86. The van der Waals surface area contributed by atoms with Crippen LogP contribution in [0.15, 0.2) is 30.3 Å². The molecule has 0 spiro atoms. The van der Waals surface area contributed by atoms with Crippen molar-refractivity contribution in [1.82, 2.24) is 4.90 Å². The number of nitriles is 1. The Bertz CT molecular complexity index is 542. The molecule has 118 valence electrons. The second-order valence-electron chi connectivity index (χ2n) is 6.75. The van der Waals surface area contributed by atoms with Crippen LogP contribution in [-0.2, 0) is 4.74 Å². The van der Waals surface area contributed by atoms with E-state index in [-0.39, 0.29) is 18.1 Å². The Labute approximate surface area is 132 Å². The van der Waals surface area contributed by atoms with Crippen molar-refractivity contribution in [2.75, 3.05) is 6.54 Å². The number of carbonyl (C=O) groups is 1. The highest BCUT2D eigenvalue weighted by Crippen LogP contribution is 2.31. The van der Waals surface area contributed by atoms with Gasteiger partial charge in [-0.1, -0.05) is 30.3 Å². The first-order chi connectivity index (χ1) is 10.4. The molecular formula is C18H24N2O2. The fraction of sp³-hybridized carbons (Fsp3) is 0.556. The van der Waals surface area contributed by atoms with Gasteiger partial charge < -0.3 is 9.64 Å². The number of hydrogen-bond donors (Lipinski definition) is 0. The molecule has 2 unspecified atom stereocenters. The van der Waals surface area contributed by atoms with Gasteiger partial charge in [0.1, 0.15) is 5.60 Å². The molecule has 1 aromatic rings. The minimum Gasteiger partial charge on any atom is -0.444 e. The van der Waals surface area contributed by atoms with E-state index in [1.807, 2.05) is 51.1 Å². The van der Waals surface area contributed by atoms with Crippen LogP contribution in [0.3, 0.4) is 0 Å². The molecule has 0 aliphatic carbocycles. The molecular weight excluding hydrogens is 276 g/mol. The van der Waals surface area contributed by atoms with E-state index in [1.165, 1.54) is 0 Å². The van der Waals surface area contributed by atoms with Gasteiger partial charge in [0.05, 0.1) is 18.0 Å². The van der Waals surface area contributed by atoms with Crippen molar-refractivity contribution in [1.29, 1.82) is 5.26 Å². The van der Waals surface area contributed by atoms with Crippen LogP contribution >= 0.6 is 0 Å². The maximum Gasteiger partial charge on any atom is 0.410 e. The lowest BCUT2D eigenvalue weighted by Gasteiger charge is -2.38. The molecule has 0 aromatic heterocycles. The normalized spacial score (nSPS) is 20.1. The van der Waals surface area contributed by atoms with E-state index in [2.05, 4.69) is 6.07 Å². The van der Waals surface area contributed by atoms with Crippen LogP contribution in [0.2, 0.25) is 0 Å². The summed E-state index contributed by atoms with van der Waals surface area (Å²) in [7, 11) is 0. The molecule has 22 heavy (non-hydrogen) atoms. The fourth-order valence-corrected chi connectivity index (χ4v) is 2.89. The molecule has 1 aromatic carbocycles. The molecule has 4 heteroatoms. The smallest absolute Gasteiger partial charge is 0.410 e. The summed E-state index contributed by atoms with van der Waals surface area (Å²) < 4.78 is 5.52. The van der Waals surface area contributed by atoms with Crippen LogP contribution in [-0.4, -0.2) is 29.2 Å². The summed E-state index contributed by atoms with van der Waals surface area (Å²) in [5, 5.41) is 9.64. The Morgan fingerprint density at radius 1 is 1.32 bits per heavy atom. The quantitative estimate of drug-likeness (QED) is 0.826. The summed E-state index contributed by atoms with van der Waals surface area (Å²) in [5.41, 5.74) is 0.444. The van der Waals surface area contributed by atoms with Gasteiger partial charge in [0.25, 0.3) is 0 Å². The first kappa shape index (κ1) is 16.4. The number of nitrogens with zero attached hydrogens (tertiary/aromatic N) is 2. The van der Waals surface area contributed by atoms with E-state index in [4.69, 9.17) is 4.74 Å². The number of benzene rings is 1. The van der Waals surface area contributed by atoms with E-state index < -0.39 is 5.60 Å². The molecule has 0 saturated carbocycles. The van der Waals surface area contributed by atoms with Crippen molar-refractivity contribution >= 4 is 6.09 Å². The SMILES string of the molecule is CC(C)(C)OC(=O)N1CCCCC1C(C#N)c1ccccc1. The molecule has 1 saturated heterocycles. The second kappa shape index (κ2) is 6.83. The van der Waals surface area contributed by atoms with Crippen molar-refractivity contribution in [3.05, 3.63) is 35.9 Å². The first-order valence-corrected chi connectivity index (χ1v) is 7.86. The van der Waals surface area contributed by atoms with Gasteiger partial charge in [-0.2, -0.15) is 5.26 Å². The third-order valence-corrected chi connectivity index (χ3v) is 3.86. The van der Waals surface area contributed by atoms with Gasteiger partial charge >= 0.3 is 6.09 Å². The third kappa shape index (κ3) is 4.00. The molecule has 2 atom stereocenters. The highest BCUT2D eigenvalue weighted by Gasteiger charge is 2.36. The minimum atomic E-state index is -0.520. The summed E-state index contributed by atoms with van der Waals surface area (Å²) in [6, 6.07) is 12.0. The van der Waals surface area contributed by atoms with E-state index in [0.29, 0.717) is 6.54 Å². The van der Waals surface area contributed by atoms with Crippen LogP contribution in [0, 0.1) is 11.3 Å². The van der Waals surface area contributed by atoms with Gasteiger partial charge in [-0.05, 0) is 45.6 Å². The van der Waals surface area contributed by atoms with Crippen molar-refractivity contribution < 1.29 is 9.53 Å². The van der Waals surface area contributed by atoms with Gasteiger partial charge in [-0.25, -0.2) is 4.79 Å². The molecule has 2 rings (SSSR count). The van der Waals surface area contributed by atoms with Crippen LogP contribution < -0.4 is 0 Å². The predicted molar refractivity (Wildman–Crippen MR) is 85.4 cm³/mol. The molecule has 1 fully saturated rings. The maximum atomic E-state index is 12.5. The lowest BCUT2D eigenvalue weighted by Crippen LogP contribution is -2.48. The molecule has 0 N–H and O–H groups in total. The average molecular weight is 300 g/mol. The van der Waals surface area contributed by atoms with E-state index in [0.717, 1.165) is 24.8 Å². The molecule has 1 heterocycles. The average Bonchev–Trinajstić information content (AvgIpc) is 2.48. The van der Waals surface area contributed by atoms with Gasteiger partial charge in [-0.15, -0.1) is 0 Å². The van der Waals surface area contributed by atoms with Crippen LogP contribution in [0.1, 0.15) is 51.5 Å². The highest BCUT2D eigenvalue weighted by molar-refractivity contribution is 5.69. The summed E-state index contributed by atoms with van der Waals surface area (Å²) in [5.74, 6) is -0.311. The van der Waals surface area contributed by atoms with Gasteiger partial charge in [0.15, 0.2) is 0 Å². The zero-order valence-electron chi connectivity index (χ0n) is 13.6. The van der Waals surface area contributed by atoms with Gasteiger partial charge in [0, 0.05) is 6.54 Å². The lowest BCUT2D eigenvalue weighted by molar-refractivity contribution is 0.00842. The Morgan fingerprint density at radius 2 is 2.00 bits per heavy atom. The van der Waals surface area contributed by atoms with E-state index >= 15 is 0 Å². The Balaban J connectivity index is 2.22. The highest BCUT2D eigenvalue weighted by atomic mass is 16.6. The van der Waals surface area contributed by atoms with Crippen molar-refractivity contribution in [2.45, 2.75) is 57.6 Å². The lowest BCUT2D eigenvalue weighted by atomic mass is 9.86. The topological polar surface area (TPSA) is 53.3 Å². The van der Waals surface area contributed by atoms with Crippen molar-refractivity contribution in [2.24, 2.45) is 0 Å². The summed E-state index contributed by atoms with van der Waals surface area (Å²) >= 11 is 0. The van der Waals surface area contributed by atoms with E-state index in [9.17, 15) is 10.1 Å². The predicted octanol–water partition coefficient (Wildman–Crippen LogP) is 4.08. The van der Waals surface area contributed by atoms with Crippen molar-refractivity contribution in [3.8, 4) is 6.07 Å². The molecule has 1 amide bonds. The van der Waals surface area contributed by atoms with E-state index in [1.54, 1.807) is 4.90 Å². The zero-order chi connectivity index (χ0) is 16.2. The molecule has 0 bridgehead atoms. The fourth-order valence-electron chi connectivity index (χ4n) is 2.89. The molecule has 1 aliphatic heterocycles. The van der Waals surface area contributed by atoms with Crippen LogP contribution in [0.25, 0.3) is 0 Å². The molecule has 0 radical (unpaired) electrons. The number of piperidine rings is 1. The molecule has 1 aliphatic rings. The van der Waals surface area contributed by atoms with Crippen molar-refractivity contribution in [3.63, 3.8) is 0 Å². The summed E-state index contributed by atoms with van der Waals surface area (Å²) in [4.78, 5) is 14.2. The number of amides is 1. The Morgan fingerprint density at radius 3 is 2.59 bits per heavy atom. The maximum absolute atomic E-state index is 12.5. The number of hydrogen-bond acceptors (Lipinski definition) is 3. The summed E-state index contributed by atoms with van der Waals surface area (Å²) in [6.07, 6.45) is 2.53. The zero-order valence-corrected chi connectivity index (χ0v) is 13.6. The van der Waals surface area contributed by atoms with Gasteiger partial charge in [-0.3, -0.25) is 0 Å². The minimum absolute atomic E-state index is 0.115. The summed E-state index contributed by atoms with van der Waals surface area (Å²) in [6.45, 7) is 6.25. The standard InChI is InChI=1S/C18H24N2O2/c1-18(2,3)22-17(21)20-12-8-7-11-16(20)15(13-19)14-9-5-4-6-10-14/h4-6,9-10,15-16H,7-8,11-12H2,1-3H3. The van der Waals surface area contributed by atoms with Crippen LogP contribution in [0.4, 0.5) is 4.79 Å². The number of carbonyl (C=O) groups excluding carboxylic acids is 1. The number of likely N-dealkylation sites (tertiary alicyclic amines) is 1. The monoisotopic (exact) mass is 300 g/mol. The second-order valence-corrected chi connectivity index (χ2v) is 6.75. The Kier molecular flexibility index (Phi) is 5.07. The molecule has 4 nitrogen and oxygen atoms in total.